The Morgan fingerprint density at radius 2 is 2.05 bits per heavy atom. The lowest BCUT2D eigenvalue weighted by molar-refractivity contribution is -0.441. The first-order valence-electron chi connectivity index (χ1n) is 5.54. The zero-order valence-corrected chi connectivity index (χ0v) is 12.0. The van der Waals surface area contributed by atoms with Gasteiger partial charge in [-0.15, -0.1) is 4.68 Å². The molecule has 0 amide bonds. The summed E-state index contributed by atoms with van der Waals surface area (Å²) >= 11 is 7.26. The highest BCUT2D eigenvalue weighted by Gasteiger charge is 2.14. The summed E-state index contributed by atoms with van der Waals surface area (Å²) in [6, 6.07) is 11.4. The Hall–Kier alpha value is -1.72. The number of benzene rings is 1. The van der Waals surface area contributed by atoms with Crippen LogP contribution in [0.15, 0.2) is 47.7 Å². The maximum atomic E-state index is 5.89. The zero-order valence-electron chi connectivity index (χ0n) is 10.5. The number of halogens is 1. The van der Waals surface area contributed by atoms with E-state index >= 15 is 0 Å². The van der Waals surface area contributed by atoms with Crippen molar-refractivity contribution in [3.05, 3.63) is 47.6 Å². The second-order valence-electron chi connectivity index (χ2n) is 3.75. The Bertz CT molecular complexity index is 616. The van der Waals surface area contributed by atoms with Crippen molar-refractivity contribution in [2.75, 3.05) is 6.26 Å². The third-order valence-electron chi connectivity index (χ3n) is 2.52. The molecule has 0 atom stereocenters. The fourth-order valence-corrected chi connectivity index (χ4v) is 1.92. The van der Waals surface area contributed by atoms with E-state index in [-0.39, 0.29) is 0 Å². The first-order chi connectivity index (χ1) is 9.11. The van der Waals surface area contributed by atoms with Crippen LogP contribution >= 0.6 is 23.4 Å². The molecule has 1 aromatic heterocycles. The molecular weight excluding hydrogens is 280 g/mol. The van der Waals surface area contributed by atoms with Gasteiger partial charge in [0.15, 0.2) is 0 Å². The number of hydrogen-bond acceptors (Lipinski definition) is 2. The Kier molecular flexibility index (Phi) is 4.29. The molecule has 2 N–H and O–H groups in total. The van der Waals surface area contributed by atoms with Crippen LogP contribution in [0.2, 0.25) is 5.02 Å². The quantitative estimate of drug-likeness (QED) is 0.409. The minimum absolute atomic E-state index is 0.457. The number of amidine groups is 1. The van der Waals surface area contributed by atoms with E-state index in [9.17, 15) is 0 Å². The largest absolute Gasteiger partial charge is 0.375 e. The monoisotopic (exact) mass is 293 g/mol. The van der Waals surface area contributed by atoms with Crippen molar-refractivity contribution in [3.63, 3.8) is 0 Å². The molecule has 0 radical (unpaired) electrons. The fraction of sp³-hybridized carbons (Fsp3) is 0.0769. The molecule has 2 rings (SSSR count). The van der Waals surface area contributed by atoms with Crippen molar-refractivity contribution in [3.8, 4) is 5.69 Å². The number of hydrazone groups is 1. The normalized spacial score (nSPS) is 11.6. The van der Waals surface area contributed by atoms with E-state index in [2.05, 4.69) is 11.8 Å². The molecule has 0 saturated heterocycles. The summed E-state index contributed by atoms with van der Waals surface area (Å²) in [5.74, 6) is 0.819. The minimum atomic E-state index is 0.457. The summed E-state index contributed by atoms with van der Waals surface area (Å²) in [6.07, 6.45) is 3.80. The van der Waals surface area contributed by atoms with Crippen molar-refractivity contribution >= 4 is 41.1 Å². The van der Waals surface area contributed by atoms with E-state index in [1.165, 1.54) is 16.4 Å². The number of aromatic nitrogens is 1. The molecule has 0 fully saturated rings. The predicted octanol–water partition coefficient (Wildman–Crippen LogP) is 3.07. The van der Waals surface area contributed by atoms with Crippen LogP contribution < -0.4 is 5.73 Å². The van der Waals surface area contributed by atoms with E-state index in [0.717, 1.165) is 11.5 Å². The number of nitrogens with two attached hydrogens (primary N) is 1. The maximum absolute atomic E-state index is 5.89. The van der Waals surface area contributed by atoms with E-state index in [4.69, 9.17) is 17.3 Å². The van der Waals surface area contributed by atoms with Crippen LogP contribution in [0.1, 0.15) is 0 Å². The maximum Gasteiger partial charge on any atom is 0.311 e. The fourth-order valence-electron chi connectivity index (χ4n) is 1.61. The van der Waals surface area contributed by atoms with Crippen molar-refractivity contribution in [2.24, 2.45) is 10.8 Å². The highest BCUT2D eigenvalue weighted by Crippen LogP contribution is 2.21. The van der Waals surface area contributed by atoms with E-state index in [0.29, 0.717) is 10.2 Å². The van der Waals surface area contributed by atoms with E-state index in [1.54, 1.807) is 0 Å². The molecule has 0 aliphatic rings. The topological polar surface area (TPSA) is 46.3 Å². The molecule has 0 aliphatic carbocycles. The van der Waals surface area contributed by atoms with Gasteiger partial charge in [0.2, 0.25) is 5.17 Å². The minimum Gasteiger partial charge on any atom is -0.375 e. The van der Waals surface area contributed by atoms with Gasteiger partial charge in [-0.1, -0.05) is 28.5 Å². The molecule has 19 heavy (non-hydrogen) atoms. The second-order valence-corrected chi connectivity index (χ2v) is 5.02. The summed E-state index contributed by atoms with van der Waals surface area (Å²) in [7, 11) is 0. The van der Waals surface area contributed by atoms with Gasteiger partial charge in [0.05, 0.1) is 12.9 Å². The standard InChI is InChI=1S/C13H14ClN4S/c1-17(16-13(15)19-2)12-4-3-9-18(12)11-7-5-10(14)6-8-11/h3-9H,1H2,2H3,(H2,15,16)/q+1. The summed E-state index contributed by atoms with van der Waals surface area (Å²) in [5.41, 5.74) is 6.68. The average molecular weight is 294 g/mol. The third-order valence-corrected chi connectivity index (χ3v) is 3.28. The SMILES string of the molecule is C=[N+](N=C(N)SC)c1cccn1-c1ccc(Cl)cc1. The molecule has 0 spiro atoms. The molecular formula is C13H14ClN4S+. The van der Waals surface area contributed by atoms with Crippen LogP contribution in [-0.2, 0) is 0 Å². The van der Waals surface area contributed by atoms with Gasteiger partial charge >= 0.3 is 5.82 Å². The molecule has 6 heteroatoms. The van der Waals surface area contributed by atoms with Crippen molar-refractivity contribution in [1.82, 2.24) is 4.57 Å². The number of thioether (sulfide) groups is 1. The van der Waals surface area contributed by atoms with Crippen LogP contribution in [0, 0.1) is 0 Å². The number of rotatable bonds is 3. The molecule has 1 aromatic carbocycles. The molecule has 1 heterocycles. The van der Waals surface area contributed by atoms with Crippen LogP contribution in [-0.4, -0.2) is 27.4 Å². The van der Waals surface area contributed by atoms with Gasteiger partial charge in [0.25, 0.3) is 0 Å². The van der Waals surface area contributed by atoms with Crippen LogP contribution in [0.5, 0.6) is 0 Å². The Morgan fingerprint density at radius 1 is 1.37 bits per heavy atom. The van der Waals surface area contributed by atoms with Crippen LogP contribution in [0.25, 0.3) is 5.69 Å². The summed E-state index contributed by atoms with van der Waals surface area (Å²) in [4.78, 5) is 0. The van der Waals surface area contributed by atoms with Gasteiger partial charge in [-0.05, 0) is 36.6 Å². The lowest BCUT2D eigenvalue weighted by Gasteiger charge is -2.02. The molecule has 2 aromatic rings. The lowest BCUT2D eigenvalue weighted by Crippen LogP contribution is -2.10. The summed E-state index contributed by atoms with van der Waals surface area (Å²) in [6.45, 7) is 3.88. The van der Waals surface area contributed by atoms with Crippen molar-refractivity contribution in [2.45, 2.75) is 0 Å². The van der Waals surface area contributed by atoms with Crippen LogP contribution in [0.4, 0.5) is 5.82 Å². The highest BCUT2D eigenvalue weighted by molar-refractivity contribution is 8.13. The van der Waals surface area contributed by atoms with Crippen molar-refractivity contribution < 1.29 is 4.68 Å². The third kappa shape index (κ3) is 3.19. The highest BCUT2D eigenvalue weighted by atomic mass is 35.5. The van der Waals surface area contributed by atoms with Gasteiger partial charge in [-0.25, -0.2) is 0 Å². The average Bonchev–Trinajstić information content (AvgIpc) is 2.88. The van der Waals surface area contributed by atoms with E-state index in [1.807, 2.05) is 53.4 Å². The molecule has 0 unspecified atom stereocenters. The van der Waals surface area contributed by atoms with E-state index < -0.39 is 0 Å². The molecule has 0 aliphatic heterocycles. The van der Waals surface area contributed by atoms with Crippen LogP contribution in [0.3, 0.4) is 0 Å². The molecule has 98 valence electrons. The summed E-state index contributed by atoms with van der Waals surface area (Å²) < 4.78 is 3.46. The molecule has 0 bridgehead atoms. The van der Waals surface area contributed by atoms with Gasteiger partial charge in [0.1, 0.15) is 5.69 Å². The van der Waals surface area contributed by atoms with Gasteiger partial charge in [-0.3, -0.25) is 0 Å². The first kappa shape index (κ1) is 13.7. The summed E-state index contributed by atoms with van der Waals surface area (Å²) in [5, 5.41) is 5.33. The van der Waals surface area contributed by atoms with Crippen molar-refractivity contribution in [1.29, 1.82) is 0 Å². The second kappa shape index (κ2) is 5.95. The Balaban J connectivity index is 2.37. The molecule has 0 saturated carbocycles. The number of hydrogen-bond donors (Lipinski definition) is 1. The van der Waals surface area contributed by atoms with Gasteiger partial charge < -0.3 is 5.73 Å². The molecule has 4 nitrogen and oxygen atoms in total. The lowest BCUT2D eigenvalue weighted by atomic mass is 10.3. The number of nitrogens with zero attached hydrogens (tertiary/aromatic N) is 3. The Morgan fingerprint density at radius 3 is 2.68 bits per heavy atom. The smallest absolute Gasteiger partial charge is 0.311 e. The predicted molar refractivity (Wildman–Crippen MR) is 83.0 cm³/mol. The first-order valence-corrected chi connectivity index (χ1v) is 7.14. The van der Waals surface area contributed by atoms with Gasteiger partial charge in [0, 0.05) is 11.1 Å². The Labute approximate surface area is 121 Å². The zero-order chi connectivity index (χ0) is 13.8. The van der Waals surface area contributed by atoms with Gasteiger partial charge in [-0.2, -0.15) is 4.57 Å².